The zero-order chi connectivity index (χ0) is 25.2. The predicted molar refractivity (Wildman–Crippen MR) is 154 cm³/mol. The van der Waals surface area contributed by atoms with Gasteiger partial charge in [0.1, 0.15) is 12.8 Å². The fraction of sp³-hybridized carbons (Fsp3) is 0.355. The normalized spacial score (nSPS) is 20.6. The molecule has 36 heavy (non-hydrogen) atoms. The van der Waals surface area contributed by atoms with Crippen LogP contribution >= 0.6 is 6.89 Å². The van der Waals surface area contributed by atoms with E-state index in [1.165, 1.54) is 21.2 Å². The summed E-state index contributed by atoms with van der Waals surface area (Å²) in [6.07, 6.45) is 1.69. The van der Waals surface area contributed by atoms with Crippen molar-refractivity contribution >= 4 is 34.0 Å². The average Bonchev–Trinajstić information content (AvgIpc) is 3.43. The van der Waals surface area contributed by atoms with Crippen molar-refractivity contribution in [2.45, 2.75) is 57.8 Å². The van der Waals surface area contributed by atoms with Gasteiger partial charge in [0.25, 0.3) is 0 Å². The second kappa shape index (κ2) is 10.0. The van der Waals surface area contributed by atoms with Crippen LogP contribution in [0.15, 0.2) is 96.0 Å². The fourth-order valence-corrected chi connectivity index (χ4v) is 9.82. The first-order valence-electron chi connectivity index (χ1n) is 12.8. The van der Waals surface area contributed by atoms with Gasteiger partial charge in [-0.15, -0.1) is 0 Å². The van der Waals surface area contributed by atoms with E-state index >= 15 is 0 Å². The van der Waals surface area contributed by atoms with Crippen LogP contribution in [0.4, 0.5) is 0 Å². The topological polar surface area (TPSA) is 42.8 Å². The maximum Gasteiger partial charge on any atom is 0.213 e. The SMILES string of the molecule is CC1(C)COC(C(CCC2NC(C)(C)CO2)=P(c2ccccc2)(c2ccccc2)c2ccccc2)=N1. The molecule has 3 aromatic carbocycles. The summed E-state index contributed by atoms with van der Waals surface area (Å²) in [7, 11) is 0. The highest BCUT2D eigenvalue weighted by atomic mass is 31.2. The van der Waals surface area contributed by atoms with E-state index in [0.29, 0.717) is 13.2 Å². The van der Waals surface area contributed by atoms with E-state index in [9.17, 15) is 0 Å². The number of benzene rings is 3. The molecule has 1 fully saturated rings. The van der Waals surface area contributed by atoms with Gasteiger partial charge in [0.05, 0.1) is 12.1 Å². The number of ether oxygens (including phenoxy) is 2. The maximum atomic E-state index is 6.44. The molecule has 0 bridgehead atoms. The lowest BCUT2D eigenvalue weighted by atomic mass is 10.1. The summed E-state index contributed by atoms with van der Waals surface area (Å²) < 4.78 is 12.6. The van der Waals surface area contributed by atoms with E-state index in [1.54, 1.807) is 0 Å². The number of hydrogen-bond acceptors (Lipinski definition) is 4. The van der Waals surface area contributed by atoms with Crippen LogP contribution in [0.3, 0.4) is 0 Å². The summed E-state index contributed by atoms with van der Waals surface area (Å²) in [5, 5.41) is 8.89. The van der Waals surface area contributed by atoms with Crippen molar-refractivity contribution in [2.24, 2.45) is 4.99 Å². The van der Waals surface area contributed by atoms with Crippen LogP contribution in [-0.4, -0.2) is 41.7 Å². The summed E-state index contributed by atoms with van der Waals surface area (Å²) >= 11 is 0. The van der Waals surface area contributed by atoms with Gasteiger partial charge in [-0.25, -0.2) is 4.99 Å². The van der Waals surface area contributed by atoms with Crippen molar-refractivity contribution in [3.05, 3.63) is 91.0 Å². The van der Waals surface area contributed by atoms with Crippen molar-refractivity contribution in [1.29, 1.82) is 0 Å². The molecule has 0 spiro atoms. The monoisotopic (exact) mass is 500 g/mol. The number of hydrogen-bond donors (Lipinski definition) is 1. The molecule has 2 aliphatic heterocycles. The average molecular weight is 501 g/mol. The Morgan fingerprint density at radius 1 is 0.806 bits per heavy atom. The molecule has 5 rings (SSSR count). The summed E-state index contributed by atoms with van der Waals surface area (Å²) in [6.45, 7) is 7.71. The molecule has 5 heteroatoms. The van der Waals surface area contributed by atoms with Gasteiger partial charge < -0.3 is 9.47 Å². The van der Waals surface area contributed by atoms with E-state index in [1.807, 2.05) is 0 Å². The number of rotatable bonds is 7. The summed E-state index contributed by atoms with van der Waals surface area (Å²) in [4.78, 5) is 5.16. The first-order valence-corrected chi connectivity index (χ1v) is 14.6. The van der Waals surface area contributed by atoms with Crippen molar-refractivity contribution in [3.63, 3.8) is 0 Å². The molecular formula is C31H37N2O2P. The Bertz CT molecular complexity index is 1160. The second-order valence-corrected chi connectivity index (χ2v) is 14.4. The highest BCUT2D eigenvalue weighted by Gasteiger charge is 2.38. The van der Waals surface area contributed by atoms with E-state index in [0.717, 1.165) is 18.7 Å². The van der Waals surface area contributed by atoms with Crippen LogP contribution < -0.4 is 21.2 Å². The third kappa shape index (κ3) is 4.95. The van der Waals surface area contributed by atoms with Gasteiger partial charge in [-0.2, -0.15) is 0 Å². The lowest BCUT2D eigenvalue weighted by Gasteiger charge is -2.33. The molecule has 0 aromatic heterocycles. The largest absolute Gasteiger partial charge is 0.475 e. The lowest BCUT2D eigenvalue weighted by Crippen LogP contribution is -2.39. The first-order chi connectivity index (χ1) is 17.3. The van der Waals surface area contributed by atoms with E-state index in [4.69, 9.17) is 14.5 Å². The van der Waals surface area contributed by atoms with Crippen molar-refractivity contribution in [3.8, 4) is 0 Å². The quantitative estimate of drug-likeness (QED) is 0.471. The van der Waals surface area contributed by atoms with Gasteiger partial charge in [0, 0.05) is 10.8 Å². The molecular weight excluding hydrogens is 463 g/mol. The van der Waals surface area contributed by atoms with Crippen LogP contribution in [0.1, 0.15) is 40.5 Å². The van der Waals surface area contributed by atoms with E-state index in [2.05, 4.69) is 124 Å². The van der Waals surface area contributed by atoms with E-state index < -0.39 is 6.89 Å². The molecule has 1 unspecified atom stereocenters. The maximum absolute atomic E-state index is 6.44. The molecule has 1 N–H and O–H groups in total. The Balaban J connectivity index is 1.81. The molecule has 0 saturated carbocycles. The highest BCUT2D eigenvalue weighted by Crippen LogP contribution is 2.48. The Kier molecular flexibility index (Phi) is 6.96. The van der Waals surface area contributed by atoms with Gasteiger partial charge >= 0.3 is 0 Å². The molecule has 188 valence electrons. The van der Waals surface area contributed by atoms with Gasteiger partial charge in [-0.1, -0.05) is 91.0 Å². The second-order valence-electron chi connectivity index (χ2n) is 11.0. The molecule has 0 aliphatic carbocycles. The van der Waals surface area contributed by atoms with Gasteiger partial charge in [-0.05, 0) is 63.3 Å². The summed E-state index contributed by atoms with van der Waals surface area (Å²) in [5.41, 5.74) is -0.261. The Morgan fingerprint density at radius 2 is 1.31 bits per heavy atom. The standard InChI is InChI=1S/C31H37N2O2P/c1-30(2)22-34-28(32-30)21-20-27(29-33-31(3,4)23-35-29)36(24-14-8-5-9-15-24,25-16-10-6-11-17-25)26-18-12-7-13-19-26/h5-19,28,32H,20-23H2,1-4H3. The Hall–Kier alpha value is -2.65. The van der Waals surface area contributed by atoms with Crippen LogP contribution in [0.5, 0.6) is 0 Å². The Labute approximate surface area is 215 Å². The summed E-state index contributed by atoms with van der Waals surface area (Å²) in [6, 6.07) is 32.9. The molecule has 3 aromatic rings. The number of aliphatic imine (C=N–C) groups is 1. The zero-order valence-electron chi connectivity index (χ0n) is 21.8. The first kappa shape index (κ1) is 25.0. The third-order valence-corrected chi connectivity index (χ3v) is 11.3. The predicted octanol–water partition coefficient (Wildman–Crippen LogP) is 4.86. The lowest BCUT2D eigenvalue weighted by molar-refractivity contribution is 0.0935. The molecule has 0 amide bonds. The van der Waals surface area contributed by atoms with Crippen molar-refractivity contribution in [2.75, 3.05) is 13.2 Å². The van der Waals surface area contributed by atoms with Gasteiger partial charge in [0.2, 0.25) is 5.90 Å². The van der Waals surface area contributed by atoms with Crippen LogP contribution in [0, 0.1) is 0 Å². The van der Waals surface area contributed by atoms with Gasteiger partial charge in [-0.3, -0.25) is 5.32 Å². The minimum atomic E-state index is -2.28. The molecule has 4 nitrogen and oxygen atoms in total. The van der Waals surface area contributed by atoms with Gasteiger partial charge in [0.15, 0.2) is 0 Å². The minimum absolute atomic E-state index is 0.00855. The minimum Gasteiger partial charge on any atom is -0.475 e. The molecule has 1 saturated heterocycles. The molecule has 1 atom stereocenters. The Morgan fingerprint density at radius 3 is 1.69 bits per heavy atom. The van der Waals surface area contributed by atoms with Crippen LogP contribution in [0.2, 0.25) is 0 Å². The summed E-state index contributed by atoms with van der Waals surface area (Å²) in [5.74, 6) is 0.808. The number of nitrogens with zero attached hydrogens (tertiary/aromatic N) is 1. The van der Waals surface area contributed by atoms with Crippen LogP contribution in [-0.2, 0) is 9.47 Å². The molecule has 2 heterocycles. The fourth-order valence-electron chi connectivity index (χ4n) is 5.27. The molecule has 2 aliphatic rings. The third-order valence-electron chi connectivity index (χ3n) is 6.89. The molecule has 0 radical (unpaired) electrons. The van der Waals surface area contributed by atoms with Crippen molar-refractivity contribution in [1.82, 2.24) is 5.32 Å². The van der Waals surface area contributed by atoms with Crippen LogP contribution in [0.25, 0.3) is 0 Å². The zero-order valence-corrected chi connectivity index (χ0v) is 22.7. The van der Waals surface area contributed by atoms with Crippen molar-refractivity contribution < 1.29 is 9.47 Å². The highest BCUT2D eigenvalue weighted by molar-refractivity contribution is 7.96. The van der Waals surface area contributed by atoms with E-state index in [-0.39, 0.29) is 17.3 Å². The number of nitrogens with one attached hydrogen (secondary N) is 1. The smallest absolute Gasteiger partial charge is 0.213 e.